The van der Waals surface area contributed by atoms with Crippen LogP contribution in [0.4, 0.5) is 0 Å². The molecule has 0 nitrogen and oxygen atoms in total. The summed E-state index contributed by atoms with van der Waals surface area (Å²) in [7, 11) is 0. The minimum absolute atomic E-state index is 0.550. The van der Waals surface area contributed by atoms with E-state index in [9.17, 15) is 0 Å². The van der Waals surface area contributed by atoms with Crippen LogP contribution in [0.5, 0.6) is 0 Å². The molecular formula is C9H11S. The maximum Gasteiger partial charge on any atom is 0.0411 e. The zero-order chi connectivity index (χ0) is 7.56. The van der Waals surface area contributed by atoms with E-state index in [0.29, 0.717) is 5.92 Å². The van der Waals surface area contributed by atoms with E-state index in [1.807, 2.05) is 18.2 Å². The molecule has 10 heavy (non-hydrogen) atoms. The van der Waals surface area contributed by atoms with Crippen molar-refractivity contribution in [3.05, 3.63) is 29.8 Å². The van der Waals surface area contributed by atoms with Crippen molar-refractivity contribution in [1.82, 2.24) is 0 Å². The average molecular weight is 151 g/mol. The zero-order valence-electron chi connectivity index (χ0n) is 6.29. The van der Waals surface area contributed by atoms with E-state index in [2.05, 4.69) is 19.9 Å². The van der Waals surface area contributed by atoms with Crippen molar-refractivity contribution in [3.8, 4) is 0 Å². The highest BCUT2D eigenvalue weighted by Crippen LogP contribution is 2.21. The van der Waals surface area contributed by atoms with Crippen LogP contribution < -0.4 is 0 Å². The fraction of sp³-hybridized carbons (Fsp3) is 0.333. The van der Waals surface area contributed by atoms with Crippen molar-refractivity contribution in [3.63, 3.8) is 0 Å². The summed E-state index contributed by atoms with van der Waals surface area (Å²) in [5, 5.41) is 0. The van der Waals surface area contributed by atoms with E-state index in [4.69, 9.17) is 12.6 Å². The lowest BCUT2D eigenvalue weighted by Gasteiger charge is -2.05. The van der Waals surface area contributed by atoms with Crippen LogP contribution in [0.15, 0.2) is 29.2 Å². The topological polar surface area (TPSA) is 0 Å². The molecule has 0 aliphatic rings. The lowest BCUT2D eigenvalue weighted by molar-refractivity contribution is 0.843. The van der Waals surface area contributed by atoms with Crippen LogP contribution in [0.1, 0.15) is 25.3 Å². The Labute approximate surface area is 67.7 Å². The van der Waals surface area contributed by atoms with Crippen LogP contribution in [0.3, 0.4) is 0 Å². The number of hydrogen-bond donors (Lipinski definition) is 0. The molecular weight excluding hydrogens is 140 g/mol. The van der Waals surface area contributed by atoms with Gasteiger partial charge in [-0.1, -0.05) is 44.7 Å². The molecule has 1 rings (SSSR count). The first-order valence-corrected chi connectivity index (χ1v) is 3.88. The molecule has 53 valence electrons. The van der Waals surface area contributed by atoms with Crippen molar-refractivity contribution in [2.45, 2.75) is 24.7 Å². The summed E-state index contributed by atoms with van der Waals surface area (Å²) in [6.45, 7) is 4.32. The van der Waals surface area contributed by atoms with Gasteiger partial charge in [-0.15, -0.1) is 0 Å². The van der Waals surface area contributed by atoms with Gasteiger partial charge in [0.25, 0.3) is 0 Å². The van der Waals surface area contributed by atoms with Crippen LogP contribution in [-0.2, 0) is 0 Å². The van der Waals surface area contributed by atoms with Crippen molar-refractivity contribution in [1.29, 1.82) is 0 Å². The summed E-state index contributed by atoms with van der Waals surface area (Å²) in [5.74, 6) is 0.550. The Hall–Kier alpha value is -0.560. The van der Waals surface area contributed by atoms with Gasteiger partial charge in [-0.25, -0.2) is 0 Å². The summed E-state index contributed by atoms with van der Waals surface area (Å²) in [5.41, 5.74) is 1.28. The summed E-state index contributed by atoms with van der Waals surface area (Å²) in [6.07, 6.45) is 0. The predicted molar refractivity (Wildman–Crippen MR) is 46.4 cm³/mol. The minimum Gasteiger partial charge on any atom is -0.0798 e. The smallest absolute Gasteiger partial charge is 0.0411 e. The molecule has 1 aromatic carbocycles. The molecule has 0 aliphatic carbocycles. The van der Waals surface area contributed by atoms with Crippen LogP contribution in [0.25, 0.3) is 0 Å². The van der Waals surface area contributed by atoms with Crippen molar-refractivity contribution < 1.29 is 0 Å². The molecule has 0 amide bonds. The van der Waals surface area contributed by atoms with E-state index >= 15 is 0 Å². The standard InChI is InChI=1S/C9H11S/c1-7(2)8-5-3-4-6-9(8)10/h3-7H,1-2H3. The van der Waals surface area contributed by atoms with Crippen molar-refractivity contribution in [2.75, 3.05) is 0 Å². The van der Waals surface area contributed by atoms with Gasteiger partial charge in [0.05, 0.1) is 0 Å². The maximum atomic E-state index is 5.13. The molecule has 0 saturated heterocycles. The highest BCUT2D eigenvalue weighted by Gasteiger charge is 2.01. The van der Waals surface area contributed by atoms with E-state index in [1.54, 1.807) is 0 Å². The largest absolute Gasteiger partial charge is 0.0798 e. The Morgan fingerprint density at radius 2 is 1.80 bits per heavy atom. The first kappa shape index (κ1) is 7.55. The second-order valence-electron chi connectivity index (χ2n) is 2.69. The Bertz CT molecular complexity index is 216. The third kappa shape index (κ3) is 1.48. The summed E-state index contributed by atoms with van der Waals surface area (Å²) in [4.78, 5) is 0.984. The fourth-order valence-electron chi connectivity index (χ4n) is 0.958. The molecule has 1 radical (unpaired) electrons. The average Bonchev–Trinajstić information content (AvgIpc) is 1.88. The van der Waals surface area contributed by atoms with Crippen LogP contribution in [0, 0.1) is 0 Å². The Balaban J connectivity index is 3.03. The summed E-state index contributed by atoms with van der Waals surface area (Å²) < 4.78 is 0. The zero-order valence-corrected chi connectivity index (χ0v) is 7.11. The van der Waals surface area contributed by atoms with E-state index < -0.39 is 0 Å². The lowest BCUT2D eigenvalue weighted by Crippen LogP contribution is -1.87. The van der Waals surface area contributed by atoms with Gasteiger partial charge in [0.15, 0.2) is 0 Å². The quantitative estimate of drug-likeness (QED) is 0.577. The fourth-order valence-corrected chi connectivity index (χ4v) is 1.34. The molecule has 0 spiro atoms. The number of hydrogen-bond acceptors (Lipinski definition) is 0. The van der Waals surface area contributed by atoms with Gasteiger partial charge >= 0.3 is 0 Å². The van der Waals surface area contributed by atoms with Gasteiger partial charge in [-0.3, -0.25) is 0 Å². The second kappa shape index (κ2) is 3.02. The third-order valence-electron chi connectivity index (χ3n) is 1.54. The van der Waals surface area contributed by atoms with E-state index in [1.165, 1.54) is 5.56 Å². The molecule has 0 saturated carbocycles. The van der Waals surface area contributed by atoms with Gasteiger partial charge in [0.1, 0.15) is 0 Å². The van der Waals surface area contributed by atoms with Crippen LogP contribution >= 0.6 is 12.6 Å². The van der Waals surface area contributed by atoms with E-state index in [0.717, 1.165) is 4.90 Å². The first-order valence-electron chi connectivity index (χ1n) is 3.47. The monoisotopic (exact) mass is 151 g/mol. The van der Waals surface area contributed by atoms with Crippen LogP contribution in [0.2, 0.25) is 0 Å². The normalized spacial score (nSPS) is 10.3. The first-order chi connectivity index (χ1) is 4.72. The van der Waals surface area contributed by atoms with Crippen molar-refractivity contribution in [2.24, 2.45) is 0 Å². The van der Waals surface area contributed by atoms with Gasteiger partial charge in [-0.2, -0.15) is 0 Å². The molecule has 0 atom stereocenters. The summed E-state index contributed by atoms with van der Waals surface area (Å²) >= 11 is 5.13. The molecule has 0 aliphatic heterocycles. The molecule has 0 heterocycles. The predicted octanol–water partition coefficient (Wildman–Crippen LogP) is 3.37. The maximum absolute atomic E-state index is 5.13. The lowest BCUT2D eigenvalue weighted by atomic mass is 10.0. The summed E-state index contributed by atoms with van der Waals surface area (Å²) in [6, 6.07) is 8.08. The van der Waals surface area contributed by atoms with Crippen LogP contribution in [-0.4, -0.2) is 0 Å². The molecule has 1 aromatic rings. The highest BCUT2D eigenvalue weighted by molar-refractivity contribution is 7.80. The molecule has 0 bridgehead atoms. The van der Waals surface area contributed by atoms with E-state index in [-0.39, 0.29) is 0 Å². The molecule has 0 unspecified atom stereocenters. The Morgan fingerprint density at radius 1 is 1.20 bits per heavy atom. The Morgan fingerprint density at radius 3 is 2.20 bits per heavy atom. The number of rotatable bonds is 1. The molecule has 0 N–H and O–H groups in total. The van der Waals surface area contributed by atoms with Crippen molar-refractivity contribution >= 4 is 12.6 Å². The number of benzene rings is 1. The van der Waals surface area contributed by atoms with Gasteiger partial charge in [-0.05, 0) is 17.5 Å². The third-order valence-corrected chi connectivity index (χ3v) is 1.91. The minimum atomic E-state index is 0.550. The Kier molecular flexibility index (Phi) is 2.28. The molecule has 0 fully saturated rings. The SMILES string of the molecule is CC(C)c1ccccc1[S]. The molecule has 1 heteroatoms. The van der Waals surface area contributed by atoms with Gasteiger partial charge in [0, 0.05) is 4.90 Å². The van der Waals surface area contributed by atoms with Gasteiger partial charge in [0.2, 0.25) is 0 Å². The second-order valence-corrected chi connectivity index (χ2v) is 3.13. The molecule has 0 aromatic heterocycles. The highest BCUT2D eigenvalue weighted by atomic mass is 32.1. The van der Waals surface area contributed by atoms with Gasteiger partial charge < -0.3 is 0 Å².